The van der Waals surface area contributed by atoms with Gasteiger partial charge in [-0.2, -0.15) is 0 Å². The van der Waals surface area contributed by atoms with E-state index in [2.05, 4.69) is 26.0 Å². The van der Waals surface area contributed by atoms with Crippen LogP contribution in [0, 0.1) is 59.0 Å². The molecule has 0 aromatic heterocycles. The lowest BCUT2D eigenvalue weighted by atomic mass is 9.67. The van der Waals surface area contributed by atoms with E-state index in [1.807, 2.05) is 24.3 Å². The maximum Gasteiger partial charge on any atom is 0.123 e. The third-order valence-electron chi connectivity index (χ3n) is 14.7. The summed E-state index contributed by atoms with van der Waals surface area (Å²) in [6.07, 6.45) is 34.6. The molecule has 0 aliphatic heterocycles. The summed E-state index contributed by atoms with van der Waals surface area (Å²) >= 11 is 0. The van der Waals surface area contributed by atoms with E-state index >= 15 is 0 Å². The predicted octanol–water partition coefficient (Wildman–Crippen LogP) is 15.1. The fourth-order valence-corrected chi connectivity index (χ4v) is 11.4. The normalized spacial score (nSPS) is 30.3. The zero-order valence-electron chi connectivity index (χ0n) is 33.5. The summed E-state index contributed by atoms with van der Waals surface area (Å²) in [5, 5.41) is 0. The first-order valence-corrected chi connectivity index (χ1v) is 22.5. The fourth-order valence-electron chi connectivity index (χ4n) is 11.4. The Balaban J connectivity index is 1.04. The smallest absolute Gasteiger partial charge is 0.123 e. The largest absolute Gasteiger partial charge is 0.373 e. The topological polar surface area (TPSA) is 9.23 Å². The first-order chi connectivity index (χ1) is 26.0. The molecular weight excluding hydrogens is 655 g/mol. The van der Waals surface area contributed by atoms with Gasteiger partial charge in [-0.3, -0.25) is 0 Å². The van der Waals surface area contributed by atoms with Crippen LogP contribution < -0.4 is 0 Å². The molecule has 3 heteroatoms. The Morgan fingerprint density at radius 2 is 0.811 bits per heavy atom. The molecule has 292 valence electrons. The van der Waals surface area contributed by atoms with Crippen molar-refractivity contribution in [2.75, 3.05) is 13.2 Å². The number of rotatable bonds is 16. The third-order valence-corrected chi connectivity index (χ3v) is 14.7. The molecule has 0 N–H and O–H groups in total. The molecule has 4 aliphatic rings. The lowest BCUT2D eigenvalue weighted by Crippen LogP contribution is -2.26. The molecule has 0 saturated heterocycles. The molecule has 0 atom stereocenters. The minimum atomic E-state index is -0.176. The molecule has 6 rings (SSSR count). The van der Waals surface area contributed by atoms with E-state index in [0.717, 1.165) is 46.6 Å². The maximum absolute atomic E-state index is 14.0. The average molecular weight is 727 g/mol. The molecule has 0 heterocycles. The van der Waals surface area contributed by atoms with Crippen LogP contribution in [-0.4, -0.2) is 13.2 Å². The van der Waals surface area contributed by atoms with Gasteiger partial charge >= 0.3 is 0 Å². The highest BCUT2D eigenvalue weighted by Gasteiger charge is 2.33. The van der Waals surface area contributed by atoms with Gasteiger partial charge in [0.1, 0.15) is 11.6 Å². The van der Waals surface area contributed by atoms with Crippen molar-refractivity contribution < 1.29 is 13.5 Å². The molecule has 53 heavy (non-hydrogen) atoms. The lowest BCUT2D eigenvalue weighted by Gasteiger charge is -2.38. The molecule has 4 fully saturated rings. The summed E-state index contributed by atoms with van der Waals surface area (Å²) in [5.74, 6) is 6.20. The molecule has 0 bridgehead atoms. The molecular formula is C50H72F2O. The summed E-state index contributed by atoms with van der Waals surface area (Å²) < 4.78 is 34.3. The van der Waals surface area contributed by atoms with E-state index in [-0.39, 0.29) is 11.6 Å². The summed E-state index contributed by atoms with van der Waals surface area (Å²) in [6, 6.07) is 14.3. The van der Waals surface area contributed by atoms with E-state index in [0.29, 0.717) is 25.0 Å². The van der Waals surface area contributed by atoms with Crippen molar-refractivity contribution in [1.29, 1.82) is 0 Å². The van der Waals surface area contributed by atoms with Gasteiger partial charge in [-0.15, -0.1) is 0 Å². The van der Waals surface area contributed by atoms with Crippen molar-refractivity contribution in [1.82, 2.24) is 0 Å². The standard InChI is InChI=1S/C50H72F2O/c1-3-5-7-37-9-13-39(14-10-37)41-17-21-43(22-18-41)49(45-25-29-47(51)30-26-45)33-35-53-36-34-50(46-27-31-48(52)32-28-46)44-23-19-42(20-24-44)40-15-11-38(12-16-40)8-6-4-2/h25-34,37-44H,3-24,35-36H2,1-2H3. The maximum atomic E-state index is 14.0. The SMILES string of the molecule is CCCCC1CCC(C2CCC(C(=CCOCC=C(c3ccc(F)cc3)C3CCC(C4CCC(CCCC)CC4)CC3)c3ccc(F)cc3)CC2)CC1. The van der Waals surface area contributed by atoms with Crippen LogP contribution in [0.2, 0.25) is 0 Å². The van der Waals surface area contributed by atoms with Crippen LogP contribution in [0.25, 0.3) is 11.1 Å². The Morgan fingerprint density at radius 3 is 1.13 bits per heavy atom. The fraction of sp³-hybridized carbons (Fsp3) is 0.680. The molecule has 4 aliphatic carbocycles. The van der Waals surface area contributed by atoms with Gasteiger partial charge in [-0.1, -0.05) is 114 Å². The van der Waals surface area contributed by atoms with E-state index in [9.17, 15) is 8.78 Å². The molecule has 0 unspecified atom stereocenters. The number of halogens is 2. The molecule has 0 radical (unpaired) electrons. The summed E-state index contributed by atoms with van der Waals surface area (Å²) in [5.41, 5.74) is 4.96. The van der Waals surface area contributed by atoms with Crippen molar-refractivity contribution in [3.63, 3.8) is 0 Å². The van der Waals surface area contributed by atoms with Gasteiger partial charge in [-0.25, -0.2) is 8.78 Å². The number of unbranched alkanes of at least 4 members (excludes halogenated alkanes) is 2. The number of ether oxygens (including phenoxy) is 1. The van der Waals surface area contributed by atoms with Gasteiger partial charge in [0, 0.05) is 0 Å². The zero-order chi connectivity index (χ0) is 36.8. The van der Waals surface area contributed by atoms with Crippen LogP contribution in [0.1, 0.15) is 166 Å². The Hall–Kier alpha value is -2.26. The predicted molar refractivity (Wildman–Crippen MR) is 220 cm³/mol. The average Bonchev–Trinajstić information content (AvgIpc) is 3.21. The van der Waals surface area contributed by atoms with Gasteiger partial charge in [0.2, 0.25) is 0 Å². The van der Waals surface area contributed by atoms with Crippen molar-refractivity contribution in [3.8, 4) is 0 Å². The number of hydrogen-bond acceptors (Lipinski definition) is 1. The Bertz CT molecular complexity index is 1270. The van der Waals surface area contributed by atoms with E-state index < -0.39 is 0 Å². The molecule has 1 nitrogen and oxygen atoms in total. The highest BCUT2D eigenvalue weighted by molar-refractivity contribution is 5.68. The quantitative estimate of drug-likeness (QED) is 0.157. The van der Waals surface area contributed by atoms with E-state index in [4.69, 9.17) is 4.74 Å². The van der Waals surface area contributed by atoms with Crippen LogP contribution in [0.4, 0.5) is 8.78 Å². The van der Waals surface area contributed by atoms with Crippen molar-refractivity contribution >= 4 is 11.1 Å². The van der Waals surface area contributed by atoms with Gasteiger partial charge in [0.25, 0.3) is 0 Å². The molecule has 2 aromatic carbocycles. The second-order valence-corrected chi connectivity index (χ2v) is 17.9. The first-order valence-electron chi connectivity index (χ1n) is 22.5. The third kappa shape index (κ3) is 11.9. The minimum Gasteiger partial charge on any atom is -0.373 e. The number of benzene rings is 2. The molecule has 0 spiro atoms. The minimum absolute atomic E-state index is 0.176. The van der Waals surface area contributed by atoms with Crippen LogP contribution in [-0.2, 0) is 4.74 Å². The molecule has 2 aromatic rings. The summed E-state index contributed by atoms with van der Waals surface area (Å²) in [7, 11) is 0. The second kappa shape index (κ2) is 21.2. The number of allylic oxidation sites excluding steroid dienone is 2. The monoisotopic (exact) mass is 727 g/mol. The van der Waals surface area contributed by atoms with Gasteiger partial charge < -0.3 is 4.74 Å². The number of hydrogen-bond donors (Lipinski definition) is 0. The second-order valence-electron chi connectivity index (χ2n) is 17.9. The first kappa shape index (κ1) is 40.4. The Labute approximate surface area is 322 Å². The van der Waals surface area contributed by atoms with E-state index in [1.165, 1.54) is 152 Å². The highest BCUT2D eigenvalue weighted by atomic mass is 19.1. The van der Waals surface area contributed by atoms with Gasteiger partial charge in [0.05, 0.1) is 13.2 Å². The van der Waals surface area contributed by atoms with Crippen LogP contribution >= 0.6 is 0 Å². The van der Waals surface area contributed by atoms with Gasteiger partial charge in [0.15, 0.2) is 0 Å². The van der Waals surface area contributed by atoms with Crippen LogP contribution in [0.15, 0.2) is 60.7 Å². The van der Waals surface area contributed by atoms with Crippen molar-refractivity contribution in [3.05, 3.63) is 83.4 Å². The summed E-state index contributed by atoms with van der Waals surface area (Å²) in [4.78, 5) is 0. The Kier molecular flexibility index (Phi) is 16.1. The van der Waals surface area contributed by atoms with Crippen molar-refractivity contribution in [2.45, 2.75) is 155 Å². The Morgan fingerprint density at radius 1 is 0.491 bits per heavy atom. The van der Waals surface area contributed by atoms with Gasteiger partial charge in [-0.05, 0) is 171 Å². The molecule has 0 amide bonds. The zero-order valence-corrected chi connectivity index (χ0v) is 33.5. The van der Waals surface area contributed by atoms with Crippen molar-refractivity contribution in [2.24, 2.45) is 47.3 Å². The summed E-state index contributed by atoms with van der Waals surface area (Å²) in [6.45, 7) is 5.74. The van der Waals surface area contributed by atoms with E-state index in [1.54, 1.807) is 24.3 Å². The molecule has 4 saturated carbocycles. The van der Waals surface area contributed by atoms with Crippen LogP contribution in [0.3, 0.4) is 0 Å². The van der Waals surface area contributed by atoms with Crippen LogP contribution in [0.5, 0.6) is 0 Å². The lowest BCUT2D eigenvalue weighted by molar-refractivity contribution is 0.152. The highest BCUT2D eigenvalue weighted by Crippen LogP contribution is 2.47.